The molecule has 22 heavy (non-hydrogen) atoms. The first-order valence-electron chi connectivity index (χ1n) is 7.96. The minimum atomic E-state index is 0.141. The fourth-order valence-electron chi connectivity index (χ4n) is 2.79. The van der Waals surface area contributed by atoms with Crippen LogP contribution >= 0.6 is 0 Å². The van der Waals surface area contributed by atoms with E-state index in [1.165, 1.54) is 5.56 Å². The molecule has 0 aromatic heterocycles. The third-order valence-electron chi connectivity index (χ3n) is 4.19. The largest absolute Gasteiger partial charge is 0.399 e. The molecule has 0 aliphatic carbocycles. The first kappa shape index (κ1) is 16.5. The fraction of sp³-hybridized carbons (Fsp3) is 0.368. The van der Waals surface area contributed by atoms with Gasteiger partial charge in [-0.2, -0.15) is 0 Å². The van der Waals surface area contributed by atoms with E-state index in [-0.39, 0.29) is 6.61 Å². The molecule has 1 unspecified atom stereocenters. The molecule has 0 bridgehead atoms. The van der Waals surface area contributed by atoms with Gasteiger partial charge in [-0.15, -0.1) is 0 Å². The Morgan fingerprint density at radius 1 is 1.14 bits per heavy atom. The van der Waals surface area contributed by atoms with Crippen molar-refractivity contribution < 1.29 is 5.11 Å². The Hall–Kier alpha value is -1.84. The summed E-state index contributed by atoms with van der Waals surface area (Å²) in [6.45, 7) is 3.04. The van der Waals surface area contributed by atoms with E-state index in [0.717, 1.165) is 41.8 Å². The second kappa shape index (κ2) is 7.97. The van der Waals surface area contributed by atoms with E-state index in [1.807, 2.05) is 18.2 Å². The normalized spacial score (nSPS) is 12.3. The summed E-state index contributed by atoms with van der Waals surface area (Å²) in [6, 6.07) is 14.4. The second-order valence-electron chi connectivity index (χ2n) is 5.80. The molecule has 0 heterocycles. The van der Waals surface area contributed by atoms with Gasteiger partial charge in [-0.25, -0.2) is 0 Å². The molecule has 0 radical (unpaired) electrons. The van der Waals surface area contributed by atoms with Crippen LogP contribution in [0.4, 0.5) is 5.69 Å². The molecule has 3 nitrogen and oxygen atoms in total. The summed E-state index contributed by atoms with van der Waals surface area (Å²) >= 11 is 0. The molecule has 0 spiro atoms. The lowest BCUT2D eigenvalue weighted by Gasteiger charge is -2.14. The van der Waals surface area contributed by atoms with Gasteiger partial charge in [0.15, 0.2) is 0 Å². The smallest absolute Gasteiger partial charge is 0.0471 e. The molecule has 0 fully saturated rings. The van der Waals surface area contributed by atoms with Gasteiger partial charge in [0.25, 0.3) is 0 Å². The van der Waals surface area contributed by atoms with E-state index in [2.05, 4.69) is 31.2 Å². The van der Waals surface area contributed by atoms with Gasteiger partial charge >= 0.3 is 0 Å². The summed E-state index contributed by atoms with van der Waals surface area (Å²) in [5, 5.41) is 9.25. The summed E-state index contributed by atoms with van der Waals surface area (Å²) in [6.07, 6.45) is 2.73. The van der Waals surface area contributed by atoms with Crippen LogP contribution in [0.25, 0.3) is 11.1 Å². The van der Waals surface area contributed by atoms with Crippen molar-refractivity contribution >= 4 is 5.69 Å². The highest BCUT2D eigenvalue weighted by Gasteiger charge is 2.09. The van der Waals surface area contributed by atoms with Crippen LogP contribution in [0.3, 0.4) is 0 Å². The molecule has 1 atom stereocenters. The number of anilines is 1. The van der Waals surface area contributed by atoms with E-state index >= 15 is 0 Å². The van der Waals surface area contributed by atoms with Gasteiger partial charge in [-0.1, -0.05) is 43.7 Å². The Kier molecular flexibility index (Phi) is 5.99. The van der Waals surface area contributed by atoms with E-state index in [1.54, 1.807) is 0 Å². The number of rotatable bonds is 7. The highest BCUT2D eigenvalue weighted by atomic mass is 16.2. The third kappa shape index (κ3) is 4.09. The fourth-order valence-corrected chi connectivity index (χ4v) is 2.79. The van der Waals surface area contributed by atoms with Crippen LogP contribution in [0.5, 0.6) is 0 Å². The number of aliphatic hydroxyl groups is 1. The van der Waals surface area contributed by atoms with Crippen molar-refractivity contribution in [3.8, 4) is 11.1 Å². The van der Waals surface area contributed by atoms with E-state index in [4.69, 9.17) is 11.5 Å². The van der Waals surface area contributed by atoms with Gasteiger partial charge in [0, 0.05) is 12.3 Å². The molecule has 0 aliphatic rings. The van der Waals surface area contributed by atoms with Crippen LogP contribution in [0.2, 0.25) is 0 Å². The molecule has 0 saturated heterocycles. The maximum atomic E-state index is 9.25. The van der Waals surface area contributed by atoms with Gasteiger partial charge in [-0.05, 0) is 59.7 Å². The van der Waals surface area contributed by atoms with Gasteiger partial charge in [-0.3, -0.25) is 0 Å². The zero-order chi connectivity index (χ0) is 15.9. The monoisotopic (exact) mass is 298 g/mol. The Bertz CT molecular complexity index is 606. The minimum Gasteiger partial charge on any atom is -0.399 e. The molecular weight excluding hydrogens is 272 g/mol. The first-order chi connectivity index (χ1) is 10.7. The van der Waals surface area contributed by atoms with Crippen LogP contribution < -0.4 is 11.5 Å². The molecule has 0 amide bonds. The Labute approximate surface area is 133 Å². The second-order valence-corrected chi connectivity index (χ2v) is 5.80. The van der Waals surface area contributed by atoms with Crippen molar-refractivity contribution in [3.63, 3.8) is 0 Å². The Morgan fingerprint density at radius 2 is 1.95 bits per heavy atom. The lowest BCUT2D eigenvalue weighted by atomic mass is 9.92. The van der Waals surface area contributed by atoms with Crippen molar-refractivity contribution in [1.29, 1.82) is 0 Å². The first-order valence-corrected chi connectivity index (χ1v) is 7.96. The maximum Gasteiger partial charge on any atom is 0.0471 e. The number of nitrogens with two attached hydrogens (primary N) is 2. The van der Waals surface area contributed by atoms with Gasteiger partial charge < -0.3 is 16.6 Å². The van der Waals surface area contributed by atoms with E-state index in [0.29, 0.717) is 12.3 Å². The molecular formula is C19H26N2O. The predicted molar refractivity (Wildman–Crippen MR) is 93.6 cm³/mol. The van der Waals surface area contributed by atoms with Crippen molar-refractivity contribution in [3.05, 3.63) is 53.6 Å². The van der Waals surface area contributed by atoms with Crippen molar-refractivity contribution in [2.45, 2.75) is 26.2 Å². The standard InChI is InChI=1S/C19H26N2O/c1-2-14(13-20)10-15-4-3-5-17(11-15)19-12-18(21)7-6-16(19)8-9-22/h3-7,11-12,14,22H,2,8-10,13,20-21H2,1H3. The number of aliphatic hydroxyl groups excluding tert-OH is 1. The maximum absolute atomic E-state index is 9.25. The average Bonchev–Trinajstić information content (AvgIpc) is 2.54. The number of benzene rings is 2. The Balaban J connectivity index is 2.35. The van der Waals surface area contributed by atoms with Crippen molar-refractivity contribution in [2.24, 2.45) is 11.7 Å². The van der Waals surface area contributed by atoms with E-state index in [9.17, 15) is 5.11 Å². The summed E-state index contributed by atoms with van der Waals surface area (Å²) in [7, 11) is 0. The number of hydrogen-bond donors (Lipinski definition) is 3. The molecule has 0 aliphatic heterocycles. The highest BCUT2D eigenvalue weighted by molar-refractivity contribution is 5.71. The van der Waals surface area contributed by atoms with Crippen LogP contribution in [0.1, 0.15) is 24.5 Å². The zero-order valence-electron chi connectivity index (χ0n) is 13.3. The van der Waals surface area contributed by atoms with Crippen molar-refractivity contribution in [2.75, 3.05) is 18.9 Å². The Morgan fingerprint density at radius 3 is 2.64 bits per heavy atom. The third-order valence-corrected chi connectivity index (χ3v) is 4.19. The summed E-state index contributed by atoms with van der Waals surface area (Å²) in [5.41, 5.74) is 17.2. The van der Waals surface area contributed by atoms with Gasteiger partial charge in [0.05, 0.1) is 0 Å². The predicted octanol–water partition coefficient (Wildman–Crippen LogP) is 3.00. The van der Waals surface area contributed by atoms with E-state index < -0.39 is 0 Å². The minimum absolute atomic E-state index is 0.141. The summed E-state index contributed by atoms with van der Waals surface area (Å²) < 4.78 is 0. The highest BCUT2D eigenvalue weighted by Crippen LogP contribution is 2.28. The van der Waals surface area contributed by atoms with Crippen molar-refractivity contribution in [1.82, 2.24) is 0 Å². The molecule has 0 saturated carbocycles. The average molecular weight is 298 g/mol. The summed E-state index contributed by atoms with van der Waals surface area (Å²) in [4.78, 5) is 0. The van der Waals surface area contributed by atoms with Gasteiger partial charge in [0.1, 0.15) is 0 Å². The molecule has 2 aromatic rings. The van der Waals surface area contributed by atoms with Crippen LogP contribution in [-0.4, -0.2) is 18.3 Å². The molecule has 5 N–H and O–H groups in total. The summed E-state index contributed by atoms with van der Waals surface area (Å²) in [5.74, 6) is 0.521. The molecule has 118 valence electrons. The number of nitrogen functional groups attached to an aromatic ring is 1. The molecule has 3 heteroatoms. The van der Waals surface area contributed by atoms with Crippen LogP contribution in [-0.2, 0) is 12.8 Å². The lowest BCUT2D eigenvalue weighted by molar-refractivity contribution is 0.300. The van der Waals surface area contributed by atoms with Crippen LogP contribution in [0, 0.1) is 5.92 Å². The van der Waals surface area contributed by atoms with Crippen LogP contribution in [0.15, 0.2) is 42.5 Å². The topological polar surface area (TPSA) is 72.3 Å². The SMILES string of the molecule is CCC(CN)Cc1cccc(-c2cc(N)ccc2CCO)c1. The zero-order valence-corrected chi connectivity index (χ0v) is 13.3. The molecule has 2 aromatic carbocycles. The molecule has 2 rings (SSSR count). The quantitative estimate of drug-likeness (QED) is 0.688. The lowest BCUT2D eigenvalue weighted by Crippen LogP contribution is -2.15. The van der Waals surface area contributed by atoms with Gasteiger partial charge in [0.2, 0.25) is 0 Å². The number of hydrogen-bond acceptors (Lipinski definition) is 3.